The van der Waals surface area contributed by atoms with Crippen LogP contribution in [0.25, 0.3) is 0 Å². The molecule has 0 aromatic heterocycles. The first-order valence-electron chi connectivity index (χ1n) is 7.88. The Morgan fingerprint density at radius 1 is 1.23 bits per heavy atom. The van der Waals surface area contributed by atoms with Crippen molar-refractivity contribution >= 4 is 17.5 Å². The number of hydrogen-bond acceptors (Lipinski definition) is 4. The number of carbonyl (C=O) groups excluding carboxylic acids is 2. The van der Waals surface area contributed by atoms with Crippen molar-refractivity contribution in [3.63, 3.8) is 0 Å². The first-order chi connectivity index (χ1) is 12.0. The fourth-order valence-corrected chi connectivity index (χ4v) is 1.92. The Morgan fingerprint density at radius 3 is 2.38 bits per heavy atom. The van der Waals surface area contributed by atoms with E-state index in [0.29, 0.717) is 0 Å². The highest BCUT2D eigenvalue weighted by Crippen LogP contribution is 2.18. The lowest BCUT2D eigenvalue weighted by Gasteiger charge is -2.27. The third-order valence-electron chi connectivity index (χ3n) is 3.85. The highest BCUT2D eigenvalue weighted by molar-refractivity contribution is 6.00. The maximum absolute atomic E-state index is 12.2. The van der Waals surface area contributed by atoms with Gasteiger partial charge in [0, 0.05) is 5.69 Å². The third kappa shape index (κ3) is 6.27. The maximum Gasteiger partial charge on any atom is 0.405 e. The van der Waals surface area contributed by atoms with E-state index in [9.17, 15) is 28.0 Å². The Labute approximate surface area is 149 Å². The van der Waals surface area contributed by atoms with Crippen LogP contribution in [0.15, 0.2) is 24.3 Å². The van der Waals surface area contributed by atoms with Crippen molar-refractivity contribution in [3.8, 4) is 6.07 Å². The molecule has 0 fully saturated rings. The lowest BCUT2D eigenvalue weighted by molar-refractivity contribution is -0.123. The van der Waals surface area contributed by atoms with Gasteiger partial charge in [0.15, 0.2) is 0 Å². The van der Waals surface area contributed by atoms with Crippen molar-refractivity contribution in [2.75, 3.05) is 18.4 Å². The van der Waals surface area contributed by atoms with E-state index in [0.717, 1.165) is 0 Å². The van der Waals surface area contributed by atoms with Gasteiger partial charge in [-0.3, -0.25) is 9.59 Å². The first kappa shape index (κ1) is 21.3. The van der Waals surface area contributed by atoms with Crippen LogP contribution < -0.4 is 16.0 Å². The number of halogens is 3. The molecule has 0 spiro atoms. The Kier molecular flexibility index (Phi) is 7.01. The molecule has 1 rings (SSSR count). The predicted octanol–water partition coefficient (Wildman–Crippen LogP) is 2.45. The van der Waals surface area contributed by atoms with Crippen LogP contribution in [-0.2, 0) is 4.79 Å². The zero-order valence-corrected chi connectivity index (χ0v) is 14.7. The second-order valence-electron chi connectivity index (χ2n) is 6.21. The number of hydrogen-bond donors (Lipinski definition) is 3. The van der Waals surface area contributed by atoms with E-state index in [-0.39, 0.29) is 23.7 Å². The highest BCUT2D eigenvalue weighted by atomic mass is 19.4. The molecule has 1 aromatic carbocycles. The fraction of sp³-hybridized carbons (Fsp3) is 0.471. The van der Waals surface area contributed by atoms with Crippen molar-refractivity contribution in [1.29, 1.82) is 5.26 Å². The van der Waals surface area contributed by atoms with Crippen LogP contribution in [0.1, 0.15) is 31.1 Å². The Morgan fingerprint density at radius 2 is 1.85 bits per heavy atom. The van der Waals surface area contributed by atoms with Gasteiger partial charge in [0.1, 0.15) is 12.1 Å². The maximum atomic E-state index is 12.2. The lowest BCUT2D eigenvalue weighted by Crippen LogP contribution is -2.50. The number of benzene rings is 1. The monoisotopic (exact) mass is 370 g/mol. The van der Waals surface area contributed by atoms with Crippen molar-refractivity contribution in [2.45, 2.75) is 32.5 Å². The van der Waals surface area contributed by atoms with Crippen LogP contribution in [0.2, 0.25) is 0 Å². The molecular formula is C17H21F3N4O2. The molecular weight excluding hydrogens is 349 g/mol. The molecule has 0 heterocycles. The normalized spacial score (nSPS) is 13.5. The van der Waals surface area contributed by atoms with Gasteiger partial charge in [-0.25, -0.2) is 0 Å². The number of nitriles is 1. The van der Waals surface area contributed by atoms with Crippen molar-refractivity contribution < 1.29 is 22.8 Å². The summed E-state index contributed by atoms with van der Waals surface area (Å²) in [4.78, 5) is 24.0. The van der Waals surface area contributed by atoms with Crippen LogP contribution in [0.4, 0.5) is 18.9 Å². The van der Waals surface area contributed by atoms with Gasteiger partial charge >= 0.3 is 6.18 Å². The summed E-state index contributed by atoms with van der Waals surface area (Å²) in [5.74, 6) is -1.51. The van der Waals surface area contributed by atoms with E-state index in [1.165, 1.54) is 18.2 Å². The summed E-state index contributed by atoms with van der Waals surface area (Å²) in [7, 11) is 0. The zero-order chi connectivity index (χ0) is 20.0. The summed E-state index contributed by atoms with van der Waals surface area (Å²) in [5, 5.41) is 16.3. The average Bonchev–Trinajstić information content (AvgIpc) is 2.57. The van der Waals surface area contributed by atoms with E-state index in [2.05, 4.69) is 10.6 Å². The van der Waals surface area contributed by atoms with Gasteiger partial charge in [-0.2, -0.15) is 18.4 Å². The van der Waals surface area contributed by atoms with Gasteiger partial charge in [-0.05, 0) is 25.0 Å². The fourth-order valence-electron chi connectivity index (χ4n) is 1.92. The number of amides is 2. The number of para-hydroxylation sites is 1. The average molecular weight is 370 g/mol. The number of anilines is 1. The lowest BCUT2D eigenvalue weighted by atomic mass is 9.90. The van der Waals surface area contributed by atoms with Crippen LogP contribution in [-0.4, -0.2) is 36.6 Å². The summed E-state index contributed by atoms with van der Waals surface area (Å²) in [6.45, 7) is 3.48. The van der Waals surface area contributed by atoms with E-state index in [1.807, 2.05) is 6.07 Å². The molecule has 26 heavy (non-hydrogen) atoms. The Hall–Kier alpha value is -2.76. The SMILES string of the molecule is CC(C)[C@](C)(C#N)NC(=O)CNc1ccccc1C(=O)NCC(F)(F)F. The van der Waals surface area contributed by atoms with Gasteiger partial charge in [0.25, 0.3) is 5.91 Å². The summed E-state index contributed by atoms with van der Waals surface area (Å²) in [6.07, 6.45) is -4.52. The molecule has 1 aromatic rings. The summed E-state index contributed by atoms with van der Waals surface area (Å²) in [5.41, 5.74) is -0.857. The number of alkyl halides is 3. The molecule has 1 atom stereocenters. The quantitative estimate of drug-likeness (QED) is 0.687. The molecule has 0 radical (unpaired) electrons. The van der Waals surface area contributed by atoms with Crippen LogP contribution in [0.5, 0.6) is 0 Å². The van der Waals surface area contributed by atoms with E-state index >= 15 is 0 Å². The van der Waals surface area contributed by atoms with Gasteiger partial charge < -0.3 is 16.0 Å². The number of nitrogens with one attached hydrogen (secondary N) is 3. The molecule has 2 amide bonds. The molecule has 0 saturated carbocycles. The van der Waals surface area contributed by atoms with Crippen molar-refractivity contribution in [1.82, 2.24) is 10.6 Å². The summed E-state index contributed by atoms with van der Waals surface area (Å²) in [6, 6.07) is 7.93. The molecule has 3 N–H and O–H groups in total. The minimum Gasteiger partial charge on any atom is -0.376 e. The molecule has 0 aliphatic rings. The largest absolute Gasteiger partial charge is 0.405 e. The van der Waals surface area contributed by atoms with Gasteiger partial charge in [-0.1, -0.05) is 26.0 Å². The standard InChI is InChI=1S/C17H21F3N4O2/c1-11(2)16(3,9-21)24-14(25)8-22-13-7-5-4-6-12(13)15(26)23-10-17(18,19)20/h4-7,11,22H,8,10H2,1-3H3,(H,23,26)(H,24,25)/t16-/m0/s1. The van der Waals surface area contributed by atoms with Gasteiger partial charge in [0.05, 0.1) is 18.2 Å². The van der Waals surface area contributed by atoms with E-state index < -0.39 is 30.1 Å². The Bertz CT molecular complexity index is 698. The minimum absolute atomic E-state index is 0.0172. The molecule has 9 heteroatoms. The molecule has 0 bridgehead atoms. The molecule has 0 unspecified atom stereocenters. The zero-order valence-electron chi connectivity index (χ0n) is 14.7. The number of rotatable bonds is 7. The van der Waals surface area contributed by atoms with Crippen molar-refractivity contribution in [3.05, 3.63) is 29.8 Å². The number of nitrogens with zero attached hydrogens (tertiary/aromatic N) is 1. The predicted molar refractivity (Wildman–Crippen MR) is 90.3 cm³/mol. The minimum atomic E-state index is -4.52. The third-order valence-corrected chi connectivity index (χ3v) is 3.85. The molecule has 0 aliphatic heterocycles. The topological polar surface area (TPSA) is 94.0 Å². The second-order valence-corrected chi connectivity index (χ2v) is 6.21. The summed E-state index contributed by atoms with van der Waals surface area (Å²) < 4.78 is 36.7. The highest BCUT2D eigenvalue weighted by Gasteiger charge is 2.30. The summed E-state index contributed by atoms with van der Waals surface area (Å²) >= 11 is 0. The first-order valence-corrected chi connectivity index (χ1v) is 7.88. The van der Waals surface area contributed by atoms with Crippen LogP contribution in [0.3, 0.4) is 0 Å². The van der Waals surface area contributed by atoms with Gasteiger partial charge in [-0.15, -0.1) is 0 Å². The van der Waals surface area contributed by atoms with Crippen LogP contribution >= 0.6 is 0 Å². The molecule has 0 saturated heterocycles. The molecule has 6 nitrogen and oxygen atoms in total. The molecule has 0 aliphatic carbocycles. The van der Waals surface area contributed by atoms with Crippen molar-refractivity contribution in [2.24, 2.45) is 5.92 Å². The van der Waals surface area contributed by atoms with E-state index in [4.69, 9.17) is 0 Å². The molecule has 142 valence electrons. The second kappa shape index (κ2) is 8.56. The Balaban J connectivity index is 2.76. The number of carbonyl (C=O) groups is 2. The van der Waals surface area contributed by atoms with Gasteiger partial charge in [0.2, 0.25) is 5.91 Å². The smallest absolute Gasteiger partial charge is 0.376 e. The van der Waals surface area contributed by atoms with Crippen LogP contribution in [0, 0.1) is 17.2 Å². The van der Waals surface area contributed by atoms with E-state index in [1.54, 1.807) is 32.2 Å².